The van der Waals surface area contributed by atoms with Gasteiger partial charge in [-0.3, -0.25) is 14.9 Å². The van der Waals surface area contributed by atoms with Gasteiger partial charge < -0.3 is 9.30 Å². The van der Waals surface area contributed by atoms with Crippen molar-refractivity contribution in [1.29, 1.82) is 0 Å². The third kappa shape index (κ3) is 5.45. The van der Waals surface area contributed by atoms with Gasteiger partial charge in [-0.1, -0.05) is 42.1 Å². The largest absolute Gasteiger partial charge is 0.497 e. The highest BCUT2D eigenvalue weighted by Crippen LogP contribution is 2.25. The average molecular weight is 410 g/mol. The molecule has 1 N–H and O–H groups in total. The van der Waals surface area contributed by atoms with Crippen LogP contribution in [0.15, 0.2) is 59.8 Å². The van der Waals surface area contributed by atoms with Crippen LogP contribution in [0.2, 0.25) is 0 Å². The number of amides is 2. The van der Waals surface area contributed by atoms with Crippen molar-refractivity contribution >= 4 is 23.6 Å². The molecule has 3 aromatic rings. The van der Waals surface area contributed by atoms with E-state index in [1.807, 2.05) is 66.1 Å². The van der Waals surface area contributed by atoms with Crippen LogP contribution in [0.25, 0.3) is 11.4 Å². The lowest BCUT2D eigenvalue weighted by Gasteiger charge is -2.08. The SMILES string of the molecule is CCn1c(SCC(=O)NC(=O)Cc2ccccc2)nnc1-c1ccc(OC)cc1. The summed E-state index contributed by atoms with van der Waals surface area (Å²) in [4.78, 5) is 24.2. The van der Waals surface area contributed by atoms with E-state index >= 15 is 0 Å². The maximum absolute atomic E-state index is 12.1. The van der Waals surface area contributed by atoms with Crippen LogP contribution in [0.1, 0.15) is 12.5 Å². The van der Waals surface area contributed by atoms with Crippen LogP contribution in [0.4, 0.5) is 0 Å². The molecule has 0 saturated carbocycles. The van der Waals surface area contributed by atoms with Gasteiger partial charge in [0.25, 0.3) is 0 Å². The highest BCUT2D eigenvalue weighted by molar-refractivity contribution is 7.99. The Labute approximate surface area is 173 Å². The maximum Gasteiger partial charge on any atom is 0.237 e. The molecule has 0 bridgehead atoms. The van der Waals surface area contributed by atoms with E-state index in [4.69, 9.17) is 4.74 Å². The number of rotatable bonds is 8. The molecule has 7 nitrogen and oxygen atoms in total. The van der Waals surface area contributed by atoms with Crippen LogP contribution in [-0.4, -0.2) is 39.4 Å². The molecule has 1 aromatic heterocycles. The minimum absolute atomic E-state index is 0.0846. The fraction of sp³-hybridized carbons (Fsp3) is 0.238. The average Bonchev–Trinajstić information content (AvgIpc) is 3.16. The van der Waals surface area contributed by atoms with Gasteiger partial charge in [-0.25, -0.2) is 0 Å². The van der Waals surface area contributed by atoms with E-state index < -0.39 is 0 Å². The number of methoxy groups -OCH3 is 1. The number of thioether (sulfide) groups is 1. The van der Waals surface area contributed by atoms with E-state index in [1.165, 1.54) is 11.8 Å². The van der Waals surface area contributed by atoms with Crippen molar-refractivity contribution < 1.29 is 14.3 Å². The second kappa shape index (κ2) is 9.88. The van der Waals surface area contributed by atoms with Gasteiger partial charge in [-0.05, 0) is 36.8 Å². The molecular weight excluding hydrogens is 388 g/mol. The highest BCUT2D eigenvalue weighted by Gasteiger charge is 2.16. The molecule has 150 valence electrons. The first kappa shape index (κ1) is 20.6. The minimum atomic E-state index is -0.354. The quantitative estimate of drug-likeness (QED) is 0.575. The topological polar surface area (TPSA) is 86.1 Å². The van der Waals surface area contributed by atoms with E-state index in [0.717, 1.165) is 22.7 Å². The molecule has 0 aliphatic carbocycles. The number of nitrogens with one attached hydrogen (secondary N) is 1. The van der Waals surface area contributed by atoms with Gasteiger partial charge in [0.2, 0.25) is 11.8 Å². The highest BCUT2D eigenvalue weighted by atomic mass is 32.2. The molecule has 0 saturated heterocycles. The number of imide groups is 1. The lowest BCUT2D eigenvalue weighted by molar-refractivity contribution is -0.128. The van der Waals surface area contributed by atoms with Crippen molar-refractivity contribution in [2.75, 3.05) is 12.9 Å². The van der Waals surface area contributed by atoms with Crippen molar-refractivity contribution in [2.45, 2.75) is 25.0 Å². The zero-order valence-electron chi connectivity index (χ0n) is 16.3. The Morgan fingerprint density at radius 3 is 2.41 bits per heavy atom. The smallest absolute Gasteiger partial charge is 0.237 e. The standard InChI is InChI=1S/C21H22N4O3S/c1-3-25-20(16-9-11-17(28-2)12-10-16)23-24-21(25)29-14-19(27)22-18(26)13-15-7-5-4-6-8-15/h4-12H,3,13-14H2,1-2H3,(H,22,26,27). The number of carbonyl (C=O) groups is 2. The van der Waals surface area contributed by atoms with Gasteiger partial charge >= 0.3 is 0 Å². The fourth-order valence-corrected chi connectivity index (χ4v) is 3.58. The van der Waals surface area contributed by atoms with Crippen molar-refractivity contribution in [3.63, 3.8) is 0 Å². The number of benzene rings is 2. The summed E-state index contributed by atoms with van der Waals surface area (Å²) >= 11 is 1.25. The third-order valence-corrected chi connectivity index (χ3v) is 5.17. The first-order chi connectivity index (χ1) is 14.1. The summed E-state index contributed by atoms with van der Waals surface area (Å²) in [5, 5.41) is 11.5. The van der Waals surface area contributed by atoms with Crippen LogP contribution in [0.3, 0.4) is 0 Å². The summed E-state index contributed by atoms with van der Waals surface area (Å²) in [7, 11) is 1.62. The summed E-state index contributed by atoms with van der Waals surface area (Å²) in [6.07, 6.45) is 0.171. The molecule has 0 unspecified atom stereocenters. The molecule has 1 heterocycles. The Morgan fingerprint density at radius 1 is 1.03 bits per heavy atom. The lowest BCUT2D eigenvalue weighted by atomic mass is 10.1. The van der Waals surface area contributed by atoms with Gasteiger partial charge in [-0.2, -0.15) is 0 Å². The molecule has 0 atom stereocenters. The van der Waals surface area contributed by atoms with E-state index in [2.05, 4.69) is 15.5 Å². The first-order valence-corrected chi connectivity index (χ1v) is 10.2. The van der Waals surface area contributed by atoms with Crippen molar-refractivity contribution in [3.05, 3.63) is 60.2 Å². The van der Waals surface area contributed by atoms with Crippen LogP contribution < -0.4 is 10.1 Å². The zero-order valence-corrected chi connectivity index (χ0v) is 17.1. The Kier molecular flexibility index (Phi) is 7.02. The molecule has 0 aliphatic rings. The van der Waals surface area contributed by atoms with Gasteiger partial charge in [0, 0.05) is 12.1 Å². The van der Waals surface area contributed by atoms with E-state index in [1.54, 1.807) is 7.11 Å². The monoisotopic (exact) mass is 410 g/mol. The van der Waals surface area contributed by atoms with Gasteiger partial charge in [0.1, 0.15) is 5.75 Å². The van der Waals surface area contributed by atoms with Crippen LogP contribution in [0.5, 0.6) is 5.75 Å². The molecule has 8 heteroatoms. The Bertz CT molecular complexity index is 971. The summed E-state index contributed by atoms with van der Waals surface area (Å²) in [5.74, 6) is 0.896. The molecule has 2 aromatic carbocycles. The predicted octanol–water partition coefficient (Wildman–Crippen LogP) is 2.95. The molecule has 0 aliphatic heterocycles. The molecular formula is C21H22N4O3S. The molecule has 0 spiro atoms. The van der Waals surface area contributed by atoms with Crippen LogP contribution in [0, 0.1) is 0 Å². The summed E-state index contributed by atoms with van der Waals surface area (Å²) in [6, 6.07) is 16.9. The Morgan fingerprint density at radius 2 is 1.76 bits per heavy atom. The van der Waals surface area contributed by atoms with E-state index in [-0.39, 0.29) is 24.0 Å². The van der Waals surface area contributed by atoms with E-state index in [0.29, 0.717) is 11.7 Å². The minimum Gasteiger partial charge on any atom is -0.497 e. The maximum atomic E-state index is 12.1. The zero-order chi connectivity index (χ0) is 20.6. The Balaban J connectivity index is 1.59. The lowest BCUT2D eigenvalue weighted by Crippen LogP contribution is -2.33. The molecule has 3 rings (SSSR count). The van der Waals surface area contributed by atoms with E-state index in [9.17, 15) is 9.59 Å². The third-order valence-electron chi connectivity index (χ3n) is 4.20. The number of nitrogens with zero attached hydrogens (tertiary/aromatic N) is 3. The van der Waals surface area contributed by atoms with Crippen molar-refractivity contribution in [1.82, 2.24) is 20.1 Å². The van der Waals surface area contributed by atoms with Crippen molar-refractivity contribution in [2.24, 2.45) is 0 Å². The number of hydrogen-bond donors (Lipinski definition) is 1. The fourth-order valence-electron chi connectivity index (χ4n) is 2.78. The summed E-state index contributed by atoms with van der Waals surface area (Å²) < 4.78 is 7.12. The summed E-state index contributed by atoms with van der Waals surface area (Å²) in [6.45, 7) is 2.65. The Hall–Kier alpha value is -3.13. The van der Waals surface area contributed by atoms with Crippen LogP contribution in [-0.2, 0) is 22.6 Å². The molecule has 0 fully saturated rings. The van der Waals surface area contributed by atoms with Crippen molar-refractivity contribution in [3.8, 4) is 17.1 Å². The predicted molar refractivity (Wildman–Crippen MR) is 112 cm³/mol. The van der Waals surface area contributed by atoms with Gasteiger partial charge in [-0.15, -0.1) is 10.2 Å². The summed E-state index contributed by atoms with van der Waals surface area (Å²) in [5.41, 5.74) is 1.77. The normalized spacial score (nSPS) is 10.6. The van der Waals surface area contributed by atoms with Gasteiger partial charge in [0.15, 0.2) is 11.0 Å². The molecule has 2 amide bonds. The van der Waals surface area contributed by atoms with Crippen LogP contribution >= 0.6 is 11.8 Å². The molecule has 0 radical (unpaired) electrons. The second-order valence-electron chi connectivity index (χ2n) is 6.20. The number of carbonyl (C=O) groups excluding carboxylic acids is 2. The first-order valence-electron chi connectivity index (χ1n) is 9.17. The second-order valence-corrected chi connectivity index (χ2v) is 7.14. The number of aromatic nitrogens is 3. The number of ether oxygens (including phenoxy) is 1. The number of hydrogen-bond acceptors (Lipinski definition) is 6. The molecule has 29 heavy (non-hydrogen) atoms. The van der Waals surface area contributed by atoms with Gasteiger partial charge in [0.05, 0.1) is 19.3 Å².